The van der Waals surface area contributed by atoms with E-state index >= 15 is 0 Å². The van der Waals surface area contributed by atoms with Crippen molar-refractivity contribution >= 4 is 5.91 Å². The SMILES string of the molecule is O=C(c1ccc(-c2noc(=O)[nH]2)nc1)N1CC2(C1)CC2(F)F. The van der Waals surface area contributed by atoms with E-state index in [1.807, 2.05) is 0 Å². The van der Waals surface area contributed by atoms with Gasteiger partial charge in [0.15, 0.2) is 0 Å². The number of hydrogen-bond donors (Lipinski definition) is 1. The van der Waals surface area contributed by atoms with Gasteiger partial charge < -0.3 is 4.90 Å². The molecule has 0 atom stereocenters. The smallest absolute Gasteiger partial charge is 0.337 e. The number of nitrogens with one attached hydrogen (secondary N) is 1. The van der Waals surface area contributed by atoms with Crippen LogP contribution in [-0.4, -0.2) is 44.9 Å². The van der Waals surface area contributed by atoms with Crippen LogP contribution in [0.3, 0.4) is 0 Å². The van der Waals surface area contributed by atoms with Crippen molar-refractivity contribution in [1.29, 1.82) is 0 Å². The molecule has 1 saturated heterocycles. The molecular formula is C13H10F2N4O3. The summed E-state index contributed by atoms with van der Waals surface area (Å²) < 4.78 is 30.6. The number of halogens is 2. The van der Waals surface area contributed by atoms with E-state index in [2.05, 4.69) is 19.6 Å². The molecule has 2 fully saturated rings. The van der Waals surface area contributed by atoms with Gasteiger partial charge in [0.1, 0.15) is 5.69 Å². The number of H-pyrrole nitrogens is 1. The third kappa shape index (κ3) is 1.78. The number of carbonyl (C=O) groups is 1. The maximum atomic E-state index is 13.1. The van der Waals surface area contributed by atoms with Crippen LogP contribution in [0.15, 0.2) is 27.6 Å². The molecule has 0 aromatic carbocycles. The van der Waals surface area contributed by atoms with E-state index in [-0.39, 0.29) is 31.2 Å². The second-order valence-corrected chi connectivity index (χ2v) is 5.70. The van der Waals surface area contributed by atoms with Gasteiger partial charge >= 0.3 is 5.76 Å². The number of rotatable bonds is 2. The van der Waals surface area contributed by atoms with Crippen LogP contribution in [0.1, 0.15) is 16.8 Å². The number of carbonyl (C=O) groups excluding carboxylic acids is 1. The molecule has 114 valence electrons. The van der Waals surface area contributed by atoms with E-state index in [4.69, 9.17) is 0 Å². The van der Waals surface area contributed by atoms with Crippen molar-refractivity contribution in [2.24, 2.45) is 5.41 Å². The van der Waals surface area contributed by atoms with Crippen LogP contribution in [0.25, 0.3) is 11.5 Å². The van der Waals surface area contributed by atoms with Crippen LogP contribution in [0, 0.1) is 5.41 Å². The summed E-state index contributed by atoms with van der Waals surface area (Å²) in [6.45, 7) is 0.161. The Morgan fingerprint density at radius 2 is 2.09 bits per heavy atom. The van der Waals surface area contributed by atoms with Crippen molar-refractivity contribution in [1.82, 2.24) is 20.0 Å². The predicted octanol–water partition coefficient (Wildman–Crippen LogP) is 0.906. The first kappa shape index (κ1) is 13.1. The maximum absolute atomic E-state index is 13.1. The second-order valence-electron chi connectivity index (χ2n) is 5.70. The minimum atomic E-state index is -2.63. The Labute approximate surface area is 121 Å². The van der Waals surface area contributed by atoms with Crippen molar-refractivity contribution < 1.29 is 18.1 Å². The molecule has 0 radical (unpaired) electrons. The summed E-state index contributed by atoms with van der Waals surface area (Å²) >= 11 is 0. The molecule has 1 saturated carbocycles. The highest BCUT2D eigenvalue weighted by atomic mass is 19.3. The van der Waals surface area contributed by atoms with Crippen molar-refractivity contribution in [2.45, 2.75) is 12.3 Å². The number of aromatic nitrogens is 3. The van der Waals surface area contributed by atoms with Gasteiger partial charge in [-0.3, -0.25) is 19.3 Å². The highest BCUT2D eigenvalue weighted by molar-refractivity contribution is 5.95. The number of nitrogens with zero attached hydrogens (tertiary/aromatic N) is 3. The minimum absolute atomic E-state index is 0.0805. The van der Waals surface area contributed by atoms with Crippen LogP contribution in [0.2, 0.25) is 0 Å². The van der Waals surface area contributed by atoms with Crippen molar-refractivity contribution in [3.05, 3.63) is 34.4 Å². The molecule has 3 heterocycles. The lowest BCUT2D eigenvalue weighted by atomic mass is 9.95. The summed E-state index contributed by atoms with van der Waals surface area (Å²) in [6.07, 6.45) is 1.18. The molecule has 0 bridgehead atoms. The molecule has 2 aliphatic rings. The zero-order chi connectivity index (χ0) is 15.5. The number of hydrogen-bond acceptors (Lipinski definition) is 5. The molecule has 1 spiro atoms. The summed E-state index contributed by atoms with van der Waals surface area (Å²) in [6, 6.07) is 3.01. The van der Waals surface area contributed by atoms with E-state index in [0.29, 0.717) is 11.3 Å². The highest BCUT2D eigenvalue weighted by Gasteiger charge is 2.76. The summed E-state index contributed by atoms with van der Waals surface area (Å²) in [7, 11) is 0. The van der Waals surface area contributed by atoms with E-state index in [1.54, 1.807) is 0 Å². The normalized spacial score (nSPS) is 20.7. The fourth-order valence-corrected chi connectivity index (χ4v) is 2.74. The first-order valence-corrected chi connectivity index (χ1v) is 6.60. The van der Waals surface area contributed by atoms with Gasteiger partial charge in [0.25, 0.3) is 11.8 Å². The summed E-state index contributed by atoms with van der Waals surface area (Å²) in [4.78, 5) is 30.8. The second kappa shape index (κ2) is 3.99. The van der Waals surface area contributed by atoms with Gasteiger partial charge in [0.2, 0.25) is 5.82 Å². The van der Waals surface area contributed by atoms with Gasteiger partial charge in [-0.15, -0.1) is 0 Å². The number of pyridine rings is 1. The molecule has 0 unspecified atom stereocenters. The Kier molecular flexibility index (Phi) is 2.38. The standard InChI is InChI=1S/C13H10F2N4O3/c14-13(15)4-12(13)5-19(6-12)10(20)7-1-2-8(16-3-7)9-17-11(21)22-18-9/h1-3H,4-6H2,(H,17,18,21). The molecular weight excluding hydrogens is 298 g/mol. The molecule has 1 aliphatic carbocycles. The first-order chi connectivity index (χ1) is 10.4. The molecule has 22 heavy (non-hydrogen) atoms. The monoisotopic (exact) mass is 308 g/mol. The van der Waals surface area contributed by atoms with Gasteiger partial charge in [-0.2, -0.15) is 0 Å². The Bertz CT molecular complexity index is 805. The van der Waals surface area contributed by atoms with Crippen LogP contribution < -0.4 is 5.76 Å². The van der Waals surface area contributed by atoms with Crippen molar-refractivity contribution in [2.75, 3.05) is 13.1 Å². The number of aromatic amines is 1. The highest BCUT2D eigenvalue weighted by Crippen LogP contribution is 2.65. The Hall–Kier alpha value is -2.58. The van der Waals surface area contributed by atoms with Crippen molar-refractivity contribution in [3.63, 3.8) is 0 Å². The van der Waals surface area contributed by atoms with Crippen LogP contribution in [0.5, 0.6) is 0 Å². The fraction of sp³-hybridized carbons (Fsp3) is 0.385. The lowest BCUT2D eigenvalue weighted by Gasteiger charge is -2.39. The number of amides is 1. The molecule has 2 aromatic rings. The average molecular weight is 308 g/mol. The summed E-state index contributed by atoms with van der Waals surface area (Å²) in [5.74, 6) is -3.51. The summed E-state index contributed by atoms with van der Waals surface area (Å²) in [5.41, 5.74) is -0.347. The molecule has 1 amide bonds. The minimum Gasteiger partial charge on any atom is -0.337 e. The van der Waals surface area contributed by atoms with Crippen molar-refractivity contribution in [3.8, 4) is 11.5 Å². The molecule has 9 heteroatoms. The van der Waals surface area contributed by atoms with Crippen LogP contribution in [0.4, 0.5) is 8.78 Å². The van der Waals surface area contributed by atoms with Gasteiger partial charge in [-0.1, -0.05) is 5.16 Å². The van der Waals surface area contributed by atoms with Gasteiger partial charge in [0.05, 0.1) is 11.0 Å². The molecule has 1 N–H and O–H groups in total. The Morgan fingerprint density at radius 1 is 1.36 bits per heavy atom. The molecule has 4 rings (SSSR count). The van der Waals surface area contributed by atoms with E-state index in [9.17, 15) is 18.4 Å². The third-order valence-corrected chi connectivity index (χ3v) is 4.18. The lowest BCUT2D eigenvalue weighted by Crippen LogP contribution is -2.54. The van der Waals surface area contributed by atoms with E-state index < -0.39 is 17.1 Å². The first-order valence-electron chi connectivity index (χ1n) is 6.60. The Morgan fingerprint density at radius 3 is 2.59 bits per heavy atom. The van der Waals surface area contributed by atoms with Gasteiger partial charge in [0, 0.05) is 25.7 Å². The predicted molar refractivity (Wildman–Crippen MR) is 68.3 cm³/mol. The Balaban J connectivity index is 1.47. The van der Waals surface area contributed by atoms with Gasteiger partial charge in [-0.25, -0.2) is 13.6 Å². The zero-order valence-electron chi connectivity index (χ0n) is 11.2. The quantitative estimate of drug-likeness (QED) is 0.890. The van der Waals surface area contributed by atoms with Gasteiger partial charge in [-0.05, 0) is 12.1 Å². The maximum Gasteiger partial charge on any atom is 0.439 e. The third-order valence-electron chi connectivity index (χ3n) is 4.18. The van der Waals surface area contributed by atoms with E-state index in [1.165, 1.54) is 23.2 Å². The number of alkyl halides is 2. The van der Waals surface area contributed by atoms with E-state index in [0.717, 1.165) is 0 Å². The molecule has 7 nitrogen and oxygen atoms in total. The van der Waals surface area contributed by atoms with Crippen LogP contribution in [-0.2, 0) is 0 Å². The lowest BCUT2D eigenvalue weighted by molar-refractivity contribution is -0.0153. The summed E-state index contributed by atoms with van der Waals surface area (Å²) in [5, 5.41) is 3.48. The topological polar surface area (TPSA) is 92.1 Å². The molecule has 1 aliphatic heterocycles. The molecule has 2 aromatic heterocycles. The fourth-order valence-electron chi connectivity index (χ4n) is 2.74. The van der Waals surface area contributed by atoms with Crippen LogP contribution >= 0.6 is 0 Å². The number of likely N-dealkylation sites (tertiary alicyclic amines) is 1. The zero-order valence-corrected chi connectivity index (χ0v) is 11.2. The largest absolute Gasteiger partial charge is 0.439 e. The average Bonchev–Trinajstić information content (AvgIpc) is 2.79.